The Hall–Kier alpha value is -4.39. The van der Waals surface area contributed by atoms with Crippen molar-refractivity contribution in [3.63, 3.8) is 0 Å². The van der Waals surface area contributed by atoms with Crippen LogP contribution < -0.4 is 15.0 Å². The third-order valence-corrected chi connectivity index (χ3v) is 4.68. The molecule has 0 spiro atoms. The SMILES string of the molecule is O=C1NC(=O)N(c2ccc(OCc3ccccc3)cc2)C(=O)/C1=C/c1ccccc1O. The van der Waals surface area contributed by atoms with Crippen molar-refractivity contribution in [3.05, 3.63) is 95.6 Å². The number of carbonyl (C=O) groups is 3. The molecule has 0 atom stereocenters. The van der Waals surface area contributed by atoms with E-state index >= 15 is 0 Å². The lowest BCUT2D eigenvalue weighted by Crippen LogP contribution is -2.54. The lowest BCUT2D eigenvalue weighted by molar-refractivity contribution is -0.122. The summed E-state index contributed by atoms with van der Waals surface area (Å²) in [5.41, 5.74) is 1.32. The van der Waals surface area contributed by atoms with Crippen LogP contribution in [0.15, 0.2) is 84.4 Å². The first-order valence-corrected chi connectivity index (χ1v) is 9.49. The van der Waals surface area contributed by atoms with E-state index in [0.29, 0.717) is 17.9 Å². The summed E-state index contributed by atoms with van der Waals surface area (Å²) >= 11 is 0. The number of benzene rings is 3. The molecule has 0 aliphatic carbocycles. The topological polar surface area (TPSA) is 95.9 Å². The fraction of sp³-hybridized carbons (Fsp3) is 0.0417. The van der Waals surface area contributed by atoms with Crippen LogP contribution in [0.3, 0.4) is 0 Å². The Balaban J connectivity index is 1.55. The molecule has 1 saturated heterocycles. The molecule has 0 bridgehead atoms. The Kier molecular flexibility index (Phi) is 5.49. The van der Waals surface area contributed by atoms with Gasteiger partial charge >= 0.3 is 6.03 Å². The molecule has 1 aliphatic rings. The third kappa shape index (κ3) is 4.30. The molecule has 3 aromatic rings. The van der Waals surface area contributed by atoms with Crippen LogP contribution in [-0.4, -0.2) is 23.0 Å². The molecule has 0 aromatic heterocycles. The number of barbiturate groups is 1. The van der Waals surface area contributed by atoms with Crippen LogP contribution in [-0.2, 0) is 16.2 Å². The number of carbonyl (C=O) groups excluding carboxylic acids is 3. The minimum atomic E-state index is -0.845. The van der Waals surface area contributed by atoms with Crippen LogP contribution in [0.2, 0.25) is 0 Å². The van der Waals surface area contributed by atoms with Gasteiger partial charge in [0.15, 0.2) is 0 Å². The summed E-state index contributed by atoms with van der Waals surface area (Å²) in [6, 6.07) is 21.5. The number of ether oxygens (including phenoxy) is 1. The van der Waals surface area contributed by atoms with E-state index in [-0.39, 0.29) is 17.0 Å². The number of phenols is 1. The van der Waals surface area contributed by atoms with Gasteiger partial charge in [-0.05, 0) is 42.0 Å². The number of hydrogen-bond acceptors (Lipinski definition) is 5. The Bertz CT molecular complexity index is 1170. The fourth-order valence-electron chi connectivity index (χ4n) is 3.09. The van der Waals surface area contributed by atoms with Crippen molar-refractivity contribution in [2.75, 3.05) is 4.90 Å². The molecule has 154 valence electrons. The van der Waals surface area contributed by atoms with E-state index in [1.54, 1.807) is 42.5 Å². The summed E-state index contributed by atoms with van der Waals surface area (Å²) < 4.78 is 5.72. The molecule has 7 heteroatoms. The highest BCUT2D eigenvalue weighted by Crippen LogP contribution is 2.26. The Labute approximate surface area is 178 Å². The Morgan fingerprint density at radius 3 is 2.26 bits per heavy atom. The van der Waals surface area contributed by atoms with Gasteiger partial charge in [-0.2, -0.15) is 0 Å². The zero-order valence-corrected chi connectivity index (χ0v) is 16.3. The smallest absolute Gasteiger partial charge is 0.335 e. The minimum absolute atomic E-state index is 0.0843. The maximum Gasteiger partial charge on any atom is 0.335 e. The summed E-state index contributed by atoms with van der Waals surface area (Å²) in [7, 11) is 0. The average molecular weight is 414 g/mol. The predicted octanol–water partition coefficient (Wildman–Crippen LogP) is 3.64. The number of nitrogens with one attached hydrogen (secondary N) is 1. The molecule has 7 nitrogen and oxygen atoms in total. The van der Waals surface area contributed by atoms with Crippen molar-refractivity contribution >= 4 is 29.6 Å². The van der Waals surface area contributed by atoms with Crippen LogP contribution in [0.5, 0.6) is 11.5 Å². The van der Waals surface area contributed by atoms with Crippen molar-refractivity contribution in [2.45, 2.75) is 6.61 Å². The van der Waals surface area contributed by atoms with E-state index in [0.717, 1.165) is 10.5 Å². The maximum atomic E-state index is 12.9. The first-order valence-electron chi connectivity index (χ1n) is 9.49. The number of nitrogens with zero attached hydrogens (tertiary/aromatic N) is 1. The molecule has 4 amide bonds. The highest BCUT2D eigenvalue weighted by atomic mass is 16.5. The summed E-state index contributed by atoms with van der Waals surface area (Å²) in [6.45, 7) is 0.380. The zero-order chi connectivity index (χ0) is 21.8. The van der Waals surface area contributed by atoms with Crippen LogP contribution in [0.25, 0.3) is 6.08 Å². The van der Waals surface area contributed by atoms with Gasteiger partial charge in [0.2, 0.25) is 0 Å². The number of amides is 4. The minimum Gasteiger partial charge on any atom is -0.507 e. The number of rotatable bonds is 5. The second-order valence-electron chi connectivity index (χ2n) is 6.78. The number of anilines is 1. The van der Waals surface area contributed by atoms with E-state index < -0.39 is 17.8 Å². The van der Waals surface area contributed by atoms with E-state index in [4.69, 9.17) is 4.74 Å². The number of aromatic hydroxyl groups is 1. The van der Waals surface area contributed by atoms with Gasteiger partial charge < -0.3 is 9.84 Å². The zero-order valence-electron chi connectivity index (χ0n) is 16.3. The summed E-state index contributed by atoms with van der Waals surface area (Å²) in [5.74, 6) is -1.12. The molecular formula is C24H18N2O5. The van der Waals surface area contributed by atoms with E-state index in [2.05, 4.69) is 5.32 Å². The molecule has 1 heterocycles. The van der Waals surface area contributed by atoms with Gasteiger partial charge in [0.1, 0.15) is 23.7 Å². The van der Waals surface area contributed by atoms with Crippen molar-refractivity contribution < 1.29 is 24.2 Å². The lowest BCUT2D eigenvalue weighted by atomic mass is 10.1. The third-order valence-electron chi connectivity index (χ3n) is 4.68. The monoisotopic (exact) mass is 414 g/mol. The first-order chi connectivity index (χ1) is 15.0. The highest BCUT2D eigenvalue weighted by molar-refractivity contribution is 6.39. The van der Waals surface area contributed by atoms with E-state index in [9.17, 15) is 19.5 Å². The molecular weight excluding hydrogens is 396 g/mol. The molecule has 4 rings (SSSR count). The number of phenolic OH excluding ortho intramolecular Hbond substituents is 1. The van der Waals surface area contributed by atoms with Crippen LogP contribution in [0.1, 0.15) is 11.1 Å². The van der Waals surface area contributed by atoms with Crippen LogP contribution >= 0.6 is 0 Å². The quantitative estimate of drug-likeness (QED) is 0.491. The van der Waals surface area contributed by atoms with Crippen molar-refractivity contribution in [2.24, 2.45) is 0 Å². The second-order valence-corrected chi connectivity index (χ2v) is 6.78. The number of imide groups is 2. The number of hydrogen-bond donors (Lipinski definition) is 2. The summed E-state index contributed by atoms with van der Waals surface area (Å²) in [5, 5.41) is 12.1. The van der Waals surface area contributed by atoms with E-state index in [1.807, 2.05) is 30.3 Å². The van der Waals surface area contributed by atoms with Crippen molar-refractivity contribution in [3.8, 4) is 11.5 Å². The maximum absolute atomic E-state index is 12.9. The van der Waals surface area contributed by atoms with Gasteiger partial charge in [-0.1, -0.05) is 48.5 Å². The molecule has 1 fully saturated rings. The highest BCUT2D eigenvalue weighted by Gasteiger charge is 2.36. The molecule has 31 heavy (non-hydrogen) atoms. The molecule has 2 N–H and O–H groups in total. The number of urea groups is 1. The Morgan fingerprint density at radius 1 is 0.871 bits per heavy atom. The second kappa shape index (κ2) is 8.54. The van der Waals surface area contributed by atoms with E-state index in [1.165, 1.54) is 12.1 Å². The molecule has 3 aromatic carbocycles. The largest absolute Gasteiger partial charge is 0.507 e. The number of para-hydroxylation sites is 1. The molecule has 0 radical (unpaired) electrons. The average Bonchev–Trinajstić information content (AvgIpc) is 2.78. The van der Waals surface area contributed by atoms with Gasteiger partial charge in [-0.3, -0.25) is 14.9 Å². The van der Waals surface area contributed by atoms with Gasteiger partial charge in [0, 0.05) is 5.56 Å². The standard InChI is InChI=1S/C24H18N2O5/c27-21-9-5-4-8-17(21)14-20-22(28)25-24(30)26(23(20)29)18-10-12-19(13-11-18)31-15-16-6-2-1-3-7-16/h1-14,27H,15H2,(H,25,28,30)/b20-14+. The molecule has 0 unspecified atom stereocenters. The molecule has 0 saturated carbocycles. The first kappa shape index (κ1) is 19.9. The predicted molar refractivity (Wildman–Crippen MR) is 114 cm³/mol. The summed E-state index contributed by atoms with van der Waals surface area (Å²) in [6.07, 6.45) is 1.25. The van der Waals surface area contributed by atoms with Crippen LogP contribution in [0.4, 0.5) is 10.5 Å². The van der Waals surface area contributed by atoms with Gasteiger partial charge in [-0.25, -0.2) is 9.69 Å². The van der Waals surface area contributed by atoms with Gasteiger partial charge in [-0.15, -0.1) is 0 Å². The van der Waals surface area contributed by atoms with Gasteiger partial charge in [0.05, 0.1) is 5.69 Å². The molecule has 1 aliphatic heterocycles. The fourth-order valence-corrected chi connectivity index (χ4v) is 3.09. The van der Waals surface area contributed by atoms with Crippen LogP contribution in [0, 0.1) is 0 Å². The lowest BCUT2D eigenvalue weighted by Gasteiger charge is -2.26. The van der Waals surface area contributed by atoms with Crippen molar-refractivity contribution in [1.29, 1.82) is 0 Å². The normalized spacial score (nSPS) is 15.2. The Morgan fingerprint density at radius 2 is 1.55 bits per heavy atom. The van der Waals surface area contributed by atoms with Crippen molar-refractivity contribution in [1.82, 2.24) is 5.32 Å². The van der Waals surface area contributed by atoms with Gasteiger partial charge in [0.25, 0.3) is 11.8 Å². The summed E-state index contributed by atoms with van der Waals surface area (Å²) in [4.78, 5) is 38.4.